The normalized spacial score (nSPS) is 17.4. The Bertz CT molecular complexity index is 1770. The zero-order valence-corrected chi connectivity index (χ0v) is 23.2. The third-order valence-electron chi connectivity index (χ3n) is 7.43. The van der Waals surface area contributed by atoms with E-state index in [4.69, 9.17) is 16.4 Å². The predicted molar refractivity (Wildman–Crippen MR) is 155 cm³/mol. The summed E-state index contributed by atoms with van der Waals surface area (Å²) in [6, 6.07) is 14.7. The molecule has 3 aromatic carbocycles. The van der Waals surface area contributed by atoms with Gasteiger partial charge >= 0.3 is 5.97 Å². The Labute approximate surface area is 249 Å². The van der Waals surface area contributed by atoms with Crippen molar-refractivity contribution >= 4 is 40.8 Å². The molecule has 43 heavy (non-hydrogen) atoms. The Morgan fingerprint density at radius 2 is 1.72 bits per heavy atom. The molecule has 0 spiro atoms. The number of oxime groups is 1. The summed E-state index contributed by atoms with van der Waals surface area (Å²) in [4.78, 5) is 54.3. The second kappa shape index (κ2) is 11.6. The van der Waals surface area contributed by atoms with E-state index in [0.29, 0.717) is 17.7 Å². The fourth-order valence-electron chi connectivity index (χ4n) is 5.39. The molecule has 2 N–H and O–H groups in total. The van der Waals surface area contributed by atoms with Crippen LogP contribution < -0.4 is 5.32 Å². The van der Waals surface area contributed by atoms with Gasteiger partial charge in [-0.1, -0.05) is 41.0 Å². The van der Waals surface area contributed by atoms with Crippen molar-refractivity contribution in [1.29, 1.82) is 0 Å². The van der Waals surface area contributed by atoms with Crippen LogP contribution in [0.1, 0.15) is 39.5 Å². The smallest absolute Gasteiger partial charge is 0.335 e. The Kier molecular flexibility index (Phi) is 7.56. The Morgan fingerprint density at radius 1 is 1.00 bits per heavy atom. The van der Waals surface area contributed by atoms with Gasteiger partial charge in [-0.25, -0.2) is 19.2 Å². The second-order valence-corrected chi connectivity index (χ2v) is 10.4. The number of hydrogen-bond acceptors (Lipinski definition) is 7. The van der Waals surface area contributed by atoms with Gasteiger partial charge in [0.1, 0.15) is 12.4 Å². The first-order valence-electron chi connectivity index (χ1n) is 13.3. The Balaban J connectivity index is 1.32. The van der Waals surface area contributed by atoms with Gasteiger partial charge in [-0.2, -0.15) is 0 Å². The molecule has 0 saturated carbocycles. The van der Waals surface area contributed by atoms with E-state index in [0.717, 1.165) is 16.7 Å². The van der Waals surface area contributed by atoms with Crippen molar-refractivity contribution in [2.24, 2.45) is 5.16 Å². The first-order valence-corrected chi connectivity index (χ1v) is 13.7. The van der Waals surface area contributed by atoms with Crippen molar-refractivity contribution in [3.63, 3.8) is 0 Å². The SMILES string of the molecule is O=C(O)c1ccc(NC(=O)[C@@H]2c3cccc(-c4cncnc4)c3CCN2C(=O)C2CC(c3cccc(Cl)c3F)=NO2)cc1. The Morgan fingerprint density at radius 3 is 2.47 bits per heavy atom. The monoisotopic (exact) mass is 599 g/mol. The topological polar surface area (TPSA) is 134 Å². The average molecular weight is 600 g/mol. The van der Waals surface area contributed by atoms with E-state index in [-0.39, 0.29) is 34.8 Å². The zero-order chi connectivity index (χ0) is 30.1. The average Bonchev–Trinajstić information content (AvgIpc) is 3.52. The molecule has 2 aliphatic rings. The number of amides is 2. The lowest BCUT2D eigenvalue weighted by atomic mass is 9.86. The molecule has 0 fully saturated rings. The first kappa shape index (κ1) is 28.0. The van der Waals surface area contributed by atoms with E-state index >= 15 is 0 Å². The summed E-state index contributed by atoms with van der Waals surface area (Å²) in [5, 5.41) is 15.9. The number of aromatic carboxylic acids is 1. The highest BCUT2D eigenvalue weighted by molar-refractivity contribution is 6.31. The van der Waals surface area contributed by atoms with Gasteiger partial charge in [0.15, 0.2) is 5.82 Å². The highest BCUT2D eigenvalue weighted by Gasteiger charge is 2.42. The number of anilines is 1. The quantitative estimate of drug-likeness (QED) is 0.322. The molecular weight excluding hydrogens is 577 g/mol. The van der Waals surface area contributed by atoms with Gasteiger partial charge < -0.3 is 20.2 Å². The molecule has 6 rings (SSSR count). The van der Waals surface area contributed by atoms with E-state index in [1.54, 1.807) is 30.6 Å². The number of fused-ring (bicyclic) bond motifs is 1. The maximum absolute atomic E-state index is 14.7. The van der Waals surface area contributed by atoms with E-state index in [1.807, 2.05) is 6.07 Å². The molecule has 2 aliphatic heterocycles. The number of hydrogen-bond donors (Lipinski definition) is 2. The van der Waals surface area contributed by atoms with Crippen LogP contribution in [-0.2, 0) is 20.8 Å². The molecule has 0 saturated heterocycles. The number of rotatable bonds is 6. The standard InChI is InChI=1S/C31H23ClFN5O5/c32-24-6-2-5-23(27(24)33)25-13-26(43-37-25)30(40)38-12-11-21-20(18-14-34-16-35-15-18)3-1-4-22(21)28(38)29(39)36-19-9-7-17(8-10-19)31(41)42/h1-10,14-16,26,28H,11-13H2,(H,36,39)(H,41,42)/t26?,28-/m0/s1. The molecule has 2 amide bonds. The van der Waals surface area contributed by atoms with Crippen molar-refractivity contribution < 1.29 is 28.7 Å². The van der Waals surface area contributed by atoms with E-state index in [9.17, 15) is 23.9 Å². The Hall–Kier alpha value is -5.16. The van der Waals surface area contributed by atoms with E-state index < -0.39 is 35.7 Å². The van der Waals surface area contributed by atoms with Gasteiger partial charge in [0, 0.05) is 42.2 Å². The summed E-state index contributed by atoms with van der Waals surface area (Å²) < 4.78 is 14.7. The molecule has 0 bridgehead atoms. The summed E-state index contributed by atoms with van der Waals surface area (Å²) in [5.41, 5.74) is 3.89. The van der Waals surface area contributed by atoms with Crippen molar-refractivity contribution in [2.45, 2.75) is 25.0 Å². The molecule has 3 heterocycles. The number of carboxylic acids is 1. The predicted octanol–water partition coefficient (Wildman–Crippen LogP) is 4.89. The number of nitrogens with one attached hydrogen (secondary N) is 1. The number of benzene rings is 3. The molecule has 0 aliphatic carbocycles. The summed E-state index contributed by atoms with van der Waals surface area (Å²) in [5.74, 6) is -2.74. The van der Waals surface area contributed by atoms with Crippen molar-refractivity contribution in [3.05, 3.63) is 112 Å². The van der Waals surface area contributed by atoms with E-state index in [1.165, 1.54) is 47.6 Å². The van der Waals surface area contributed by atoms with Crippen LogP contribution in [0.4, 0.5) is 10.1 Å². The van der Waals surface area contributed by atoms with Crippen LogP contribution in [0.25, 0.3) is 11.1 Å². The highest BCUT2D eigenvalue weighted by atomic mass is 35.5. The summed E-state index contributed by atoms with van der Waals surface area (Å²) >= 11 is 5.94. The third kappa shape index (κ3) is 5.42. The third-order valence-corrected chi connectivity index (χ3v) is 7.72. The fraction of sp³-hybridized carbons (Fsp3) is 0.161. The van der Waals surface area contributed by atoms with Gasteiger partial charge in [-0.3, -0.25) is 9.59 Å². The first-order chi connectivity index (χ1) is 20.8. The van der Waals surface area contributed by atoms with Crippen LogP contribution >= 0.6 is 11.6 Å². The molecule has 12 heteroatoms. The number of nitrogens with zero attached hydrogens (tertiary/aromatic N) is 4. The van der Waals surface area contributed by atoms with Gasteiger partial charge in [-0.05, 0) is 59.5 Å². The number of carboxylic acid groups (broad SMARTS) is 1. The maximum atomic E-state index is 14.7. The molecule has 1 unspecified atom stereocenters. The molecule has 10 nitrogen and oxygen atoms in total. The van der Waals surface area contributed by atoms with Crippen LogP contribution in [0.3, 0.4) is 0 Å². The second-order valence-electron chi connectivity index (χ2n) is 9.99. The molecule has 0 radical (unpaired) electrons. The van der Waals surface area contributed by atoms with Crippen LogP contribution in [0.5, 0.6) is 0 Å². The van der Waals surface area contributed by atoms with Crippen LogP contribution in [-0.4, -0.2) is 56.1 Å². The number of aromatic nitrogens is 2. The van der Waals surface area contributed by atoms with Gasteiger partial charge in [0.2, 0.25) is 6.10 Å². The molecule has 2 atom stereocenters. The summed E-state index contributed by atoms with van der Waals surface area (Å²) in [6.07, 6.45) is 4.14. The number of carbonyl (C=O) groups is 3. The van der Waals surface area contributed by atoms with Crippen molar-refractivity contribution in [2.75, 3.05) is 11.9 Å². The summed E-state index contributed by atoms with van der Waals surface area (Å²) in [6.45, 7) is 0.188. The molecular formula is C31H23ClFN5O5. The van der Waals surface area contributed by atoms with Gasteiger partial charge in [0.25, 0.3) is 11.8 Å². The van der Waals surface area contributed by atoms with Crippen molar-refractivity contribution in [1.82, 2.24) is 14.9 Å². The maximum Gasteiger partial charge on any atom is 0.335 e. The van der Waals surface area contributed by atoms with Crippen LogP contribution in [0.2, 0.25) is 5.02 Å². The minimum absolute atomic E-state index is 0.00810. The molecule has 216 valence electrons. The number of carbonyl (C=O) groups excluding carboxylic acids is 2. The molecule has 4 aromatic rings. The summed E-state index contributed by atoms with van der Waals surface area (Å²) in [7, 11) is 0. The number of halogens is 2. The minimum atomic E-state index is -1.09. The largest absolute Gasteiger partial charge is 0.478 e. The highest BCUT2D eigenvalue weighted by Crippen LogP contribution is 2.38. The lowest BCUT2D eigenvalue weighted by Gasteiger charge is -2.38. The zero-order valence-electron chi connectivity index (χ0n) is 22.4. The van der Waals surface area contributed by atoms with Crippen LogP contribution in [0, 0.1) is 5.82 Å². The van der Waals surface area contributed by atoms with Gasteiger partial charge in [-0.15, -0.1) is 0 Å². The lowest BCUT2D eigenvalue weighted by molar-refractivity contribution is -0.148. The molecule has 1 aromatic heterocycles. The fourth-order valence-corrected chi connectivity index (χ4v) is 5.56. The lowest BCUT2D eigenvalue weighted by Crippen LogP contribution is -2.49. The van der Waals surface area contributed by atoms with Crippen LogP contribution in [0.15, 0.2) is 84.5 Å². The van der Waals surface area contributed by atoms with Gasteiger partial charge in [0.05, 0.1) is 16.3 Å². The minimum Gasteiger partial charge on any atom is -0.478 e. The van der Waals surface area contributed by atoms with E-state index in [2.05, 4.69) is 20.4 Å². The van der Waals surface area contributed by atoms with Crippen molar-refractivity contribution in [3.8, 4) is 11.1 Å².